The summed E-state index contributed by atoms with van der Waals surface area (Å²) in [5.41, 5.74) is 0. The van der Waals surface area contributed by atoms with Crippen LogP contribution in [0.2, 0.25) is 0 Å². The second-order valence-electron chi connectivity index (χ2n) is 27.3. The van der Waals surface area contributed by atoms with Crippen LogP contribution in [0.4, 0.5) is 4.79 Å². The molecule has 0 atom stereocenters. The molecule has 81 heavy (non-hydrogen) atoms. The fraction of sp³-hybridized carbons (Fsp3) is 0.987. The first kappa shape index (κ1) is 80.3. The van der Waals surface area contributed by atoms with E-state index >= 15 is 0 Å². The first-order valence-corrected chi connectivity index (χ1v) is 39.1. The molecule has 0 amide bonds. The van der Waals surface area contributed by atoms with Crippen molar-refractivity contribution in [1.29, 1.82) is 0 Å². The smallest absolute Gasteiger partial charge is 0.450 e. The highest BCUT2D eigenvalue weighted by Gasteiger charge is 2.02. The molecule has 1 N–H and O–H groups in total. The maximum atomic E-state index is 10.3. The van der Waals surface area contributed by atoms with Crippen molar-refractivity contribution in [3.63, 3.8) is 0 Å². The second-order valence-corrected chi connectivity index (χ2v) is 27.3. The molecule has 0 heterocycles. The summed E-state index contributed by atoms with van der Waals surface area (Å²) in [6.45, 7) is 2.67. The van der Waals surface area contributed by atoms with Gasteiger partial charge in [0.2, 0.25) is 0 Å². The SMILES string of the molecule is CCCCCCCCCCCCCCCCCCCCCCCCCCCCCCCCCCCCCCCCCCCCCCCCCCCCCCCCCCCCCCCCCCCCCCCCCCCCCOC(=O)O. The van der Waals surface area contributed by atoms with E-state index in [1.54, 1.807) is 0 Å². The Morgan fingerprint density at radius 3 is 0.346 bits per heavy atom. The van der Waals surface area contributed by atoms with Gasteiger partial charge in [-0.1, -0.05) is 482 Å². The van der Waals surface area contributed by atoms with Crippen molar-refractivity contribution < 1.29 is 14.6 Å². The first-order valence-electron chi connectivity index (χ1n) is 39.1. The Morgan fingerprint density at radius 2 is 0.259 bits per heavy atom. The highest BCUT2D eigenvalue weighted by Crippen LogP contribution is 2.21. The zero-order valence-corrected chi connectivity index (χ0v) is 56.5. The number of hydrogen-bond acceptors (Lipinski definition) is 2. The van der Waals surface area contributed by atoms with Gasteiger partial charge >= 0.3 is 6.16 Å². The Balaban J connectivity index is 3.08. The van der Waals surface area contributed by atoms with Crippen LogP contribution in [-0.4, -0.2) is 17.9 Å². The molecule has 0 aliphatic carbocycles. The van der Waals surface area contributed by atoms with E-state index in [-0.39, 0.29) is 0 Å². The number of rotatable bonds is 76. The van der Waals surface area contributed by atoms with Gasteiger partial charge in [0.15, 0.2) is 0 Å². The quantitative estimate of drug-likeness (QED) is 0.0488. The number of hydrogen-bond donors (Lipinski definition) is 1. The van der Waals surface area contributed by atoms with Gasteiger partial charge < -0.3 is 9.84 Å². The highest BCUT2D eigenvalue weighted by molar-refractivity contribution is 5.56. The maximum absolute atomic E-state index is 10.3. The highest BCUT2D eigenvalue weighted by atomic mass is 16.7. The summed E-state index contributed by atoms with van der Waals surface area (Å²) in [7, 11) is 0. The molecule has 0 saturated heterocycles. The molecule has 0 radical (unpaired) electrons. The third-order valence-corrected chi connectivity index (χ3v) is 19.0. The fourth-order valence-corrected chi connectivity index (χ4v) is 13.2. The minimum Gasteiger partial charge on any atom is -0.450 e. The van der Waals surface area contributed by atoms with Crippen molar-refractivity contribution in [2.45, 2.75) is 488 Å². The standard InChI is InChI=1S/C78H156O3/c1-2-3-4-5-6-7-8-9-10-11-12-13-14-15-16-17-18-19-20-21-22-23-24-25-26-27-28-29-30-31-32-33-34-35-36-37-38-39-40-41-42-43-44-45-46-47-48-49-50-51-52-53-54-55-56-57-58-59-60-61-62-63-64-65-66-67-68-69-70-71-72-73-74-75-76-77-81-78(79)80/h2-77H2,1H3,(H,79,80). The van der Waals surface area contributed by atoms with E-state index in [0.29, 0.717) is 6.61 Å². The topological polar surface area (TPSA) is 46.5 Å². The zero-order chi connectivity index (χ0) is 58.0. The van der Waals surface area contributed by atoms with Crippen LogP contribution in [0, 0.1) is 0 Å². The molecule has 3 heteroatoms. The molecule has 0 aromatic rings. The minimum atomic E-state index is -1.14. The molecule has 0 bridgehead atoms. The Labute approximate surface area is 513 Å². The van der Waals surface area contributed by atoms with Gasteiger partial charge in [-0.15, -0.1) is 0 Å². The molecule has 486 valence electrons. The summed E-state index contributed by atoms with van der Waals surface area (Å²) in [5.74, 6) is 0. The molecule has 0 fully saturated rings. The monoisotopic (exact) mass is 1140 g/mol. The molecule has 0 spiro atoms. The lowest BCUT2D eigenvalue weighted by atomic mass is 10.0. The van der Waals surface area contributed by atoms with Crippen LogP contribution in [0.3, 0.4) is 0 Å². The molecule has 0 rings (SSSR count). The second kappa shape index (κ2) is 77.3. The number of carboxylic acid groups (broad SMARTS) is 1. The average molecular weight is 1140 g/mol. The van der Waals surface area contributed by atoms with Crippen molar-refractivity contribution >= 4 is 6.16 Å². The van der Waals surface area contributed by atoms with Gasteiger partial charge in [-0.2, -0.15) is 0 Å². The van der Waals surface area contributed by atoms with E-state index in [1.165, 1.54) is 469 Å². The lowest BCUT2D eigenvalue weighted by Gasteiger charge is -2.05. The van der Waals surface area contributed by atoms with E-state index in [1.807, 2.05) is 0 Å². The first-order chi connectivity index (χ1) is 40.3. The van der Waals surface area contributed by atoms with Crippen LogP contribution in [-0.2, 0) is 4.74 Å². The van der Waals surface area contributed by atoms with Gasteiger partial charge in [0, 0.05) is 0 Å². The van der Waals surface area contributed by atoms with Gasteiger partial charge in [-0.3, -0.25) is 0 Å². The van der Waals surface area contributed by atoms with Crippen molar-refractivity contribution in [2.24, 2.45) is 0 Å². The molecule has 0 aromatic carbocycles. The largest absolute Gasteiger partial charge is 0.505 e. The molecule has 0 unspecified atom stereocenters. The zero-order valence-electron chi connectivity index (χ0n) is 56.5. The number of carbonyl (C=O) groups is 1. The van der Waals surface area contributed by atoms with Crippen LogP contribution in [0.1, 0.15) is 488 Å². The van der Waals surface area contributed by atoms with Crippen LogP contribution in [0.25, 0.3) is 0 Å². The van der Waals surface area contributed by atoms with Crippen molar-refractivity contribution in [1.82, 2.24) is 0 Å². The Kier molecular flexibility index (Phi) is 76.6. The molecular formula is C78H156O3. The third-order valence-electron chi connectivity index (χ3n) is 19.0. The fourth-order valence-electron chi connectivity index (χ4n) is 13.2. The molecule has 3 nitrogen and oxygen atoms in total. The van der Waals surface area contributed by atoms with E-state index in [4.69, 9.17) is 5.11 Å². The summed E-state index contributed by atoms with van der Waals surface area (Å²) >= 11 is 0. The average Bonchev–Trinajstić information content (AvgIpc) is 3.47. The van der Waals surface area contributed by atoms with Crippen LogP contribution in [0.5, 0.6) is 0 Å². The van der Waals surface area contributed by atoms with Crippen molar-refractivity contribution in [2.75, 3.05) is 6.61 Å². The molecule has 0 aliphatic heterocycles. The molecule has 0 aliphatic rings. The summed E-state index contributed by atoms with van der Waals surface area (Å²) in [6, 6.07) is 0. The van der Waals surface area contributed by atoms with Gasteiger partial charge in [-0.25, -0.2) is 4.79 Å². The number of unbranched alkanes of at least 4 members (excludes halogenated alkanes) is 74. The van der Waals surface area contributed by atoms with E-state index in [0.717, 1.165) is 12.8 Å². The summed E-state index contributed by atoms with van der Waals surface area (Å²) in [5, 5.41) is 8.47. The van der Waals surface area contributed by atoms with Crippen LogP contribution in [0.15, 0.2) is 0 Å². The van der Waals surface area contributed by atoms with Crippen molar-refractivity contribution in [3.05, 3.63) is 0 Å². The van der Waals surface area contributed by atoms with Gasteiger partial charge in [0.25, 0.3) is 0 Å². The predicted octanol–water partition coefficient (Wildman–Crippen LogP) is 30.0. The van der Waals surface area contributed by atoms with Crippen molar-refractivity contribution in [3.8, 4) is 0 Å². The Hall–Kier alpha value is -0.730. The van der Waals surface area contributed by atoms with Crippen LogP contribution < -0.4 is 0 Å². The van der Waals surface area contributed by atoms with Gasteiger partial charge in [-0.05, 0) is 6.42 Å². The maximum Gasteiger partial charge on any atom is 0.505 e. The lowest BCUT2D eigenvalue weighted by Crippen LogP contribution is -2.01. The van der Waals surface area contributed by atoms with E-state index in [9.17, 15) is 4.79 Å². The van der Waals surface area contributed by atoms with Gasteiger partial charge in [0.05, 0.1) is 6.61 Å². The summed E-state index contributed by atoms with van der Waals surface area (Å²) in [6.07, 6.45) is 108. The Morgan fingerprint density at radius 1 is 0.173 bits per heavy atom. The predicted molar refractivity (Wildman–Crippen MR) is 366 cm³/mol. The van der Waals surface area contributed by atoms with Gasteiger partial charge in [0.1, 0.15) is 0 Å². The van der Waals surface area contributed by atoms with E-state index < -0.39 is 6.16 Å². The summed E-state index contributed by atoms with van der Waals surface area (Å²) in [4.78, 5) is 10.3. The summed E-state index contributed by atoms with van der Waals surface area (Å²) < 4.78 is 4.56. The normalized spacial score (nSPS) is 11.7. The number of ether oxygens (including phenoxy) is 1. The Bertz CT molecular complexity index is 1070. The molecule has 0 aromatic heterocycles. The minimum absolute atomic E-state index is 0.356. The molecular weight excluding hydrogens is 985 g/mol. The molecule has 0 saturated carbocycles. The van der Waals surface area contributed by atoms with Crippen LogP contribution >= 0.6 is 0 Å². The third kappa shape index (κ3) is 79.3. The van der Waals surface area contributed by atoms with E-state index in [2.05, 4.69) is 11.7 Å². The lowest BCUT2D eigenvalue weighted by molar-refractivity contribution is 0.0899.